The average Bonchev–Trinajstić information content (AvgIpc) is 2.78. The van der Waals surface area contributed by atoms with E-state index in [4.69, 9.17) is 21.1 Å². The molecule has 0 atom stereocenters. The molecule has 1 aromatic heterocycles. The van der Waals surface area contributed by atoms with Gasteiger partial charge in [0.15, 0.2) is 12.4 Å². The van der Waals surface area contributed by atoms with Crippen molar-refractivity contribution in [3.63, 3.8) is 0 Å². The summed E-state index contributed by atoms with van der Waals surface area (Å²) in [4.78, 5) is 37.2. The van der Waals surface area contributed by atoms with E-state index in [-0.39, 0.29) is 28.8 Å². The Bertz CT molecular complexity index is 1280. The first-order valence-electron chi connectivity index (χ1n) is 9.76. The Balaban J connectivity index is 1.84. The van der Waals surface area contributed by atoms with Gasteiger partial charge in [-0.3, -0.25) is 9.59 Å². The second-order valence-electron chi connectivity index (χ2n) is 6.69. The van der Waals surface area contributed by atoms with Crippen LogP contribution in [0.1, 0.15) is 23.0 Å². The molecular formula is C22H17ClF3N3O5. The van der Waals surface area contributed by atoms with Crippen LogP contribution in [-0.4, -0.2) is 34.9 Å². The van der Waals surface area contributed by atoms with Crippen LogP contribution in [0.15, 0.2) is 59.4 Å². The van der Waals surface area contributed by atoms with Crippen molar-refractivity contribution in [3.8, 4) is 11.4 Å². The standard InChI is InChI=1S/C22H17ClF3N3O5/c1-2-33-21(32)20-17(11-19(31)29(28-20)16-9-4-3-8-15(16)23)34-12-18(30)27-14-7-5-6-13(10-14)22(24,25)26/h3-11H,2,12H2,1H3,(H,27,30). The molecule has 2 aromatic carbocycles. The van der Waals surface area contributed by atoms with E-state index in [1.54, 1.807) is 19.1 Å². The summed E-state index contributed by atoms with van der Waals surface area (Å²) in [5.74, 6) is -2.09. The number of alkyl halides is 3. The topological polar surface area (TPSA) is 99.5 Å². The normalized spacial score (nSPS) is 11.1. The van der Waals surface area contributed by atoms with Crippen LogP contribution in [0.25, 0.3) is 5.69 Å². The summed E-state index contributed by atoms with van der Waals surface area (Å²) in [7, 11) is 0. The van der Waals surface area contributed by atoms with Crippen molar-refractivity contribution in [2.24, 2.45) is 0 Å². The number of carbonyl (C=O) groups excluding carboxylic acids is 2. The summed E-state index contributed by atoms with van der Waals surface area (Å²) in [6, 6.07) is 11.2. The Labute approximate surface area is 195 Å². The fraction of sp³-hybridized carbons (Fsp3) is 0.182. The molecule has 8 nitrogen and oxygen atoms in total. The second kappa shape index (κ2) is 10.4. The SMILES string of the molecule is CCOC(=O)c1nn(-c2ccccc2Cl)c(=O)cc1OCC(=O)Nc1cccc(C(F)(F)F)c1. The summed E-state index contributed by atoms with van der Waals surface area (Å²) in [5.41, 5.74) is -1.96. The van der Waals surface area contributed by atoms with E-state index in [9.17, 15) is 27.6 Å². The van der Waals surface area contributed by atoms with Crippen molar-refractivity contribution in [2.75, 3.05) is 18.5 Å². The molecule has 3 aromatic rings. The van der Waals surface area contributed by atoms with E-state index in [1.165, 1.54) is 18.2 Å². The summed E-state index contributed by atoms with van der Waals surface area (Å²) in [5, 5.41) is 6.44. The van der Waals surface area contributed by atoms with Crippen molar-refractivity contribution in [3.05, 3.63) is 81.2 Å². The first-order valence-corrected chi connectivity index (χ1v) is 10.1. The zero-order chi connectivity index (χ0) is 24.9. The molecule has 178 valence electrons. The van der Waals surface area contributed by atoms with E-state index in [0.29, 0.717) is 0 Å². The average molecular weight is 496 g/mol. The Morgan fingerprint density at radius 3 is 2.53 bits per heavy atom. The van der Waals surface area contributed by atoms with Crippen LogP contribution in [-0.2, 0) is 15.7 Å². The van der Waals surface area contributed by atoms with Gasteiger partial charge in [0.05, 0.1) is 28.9 Å². The van der Waals surface area contributed by atoms with Gasteiger partial charge in [0, 0.05) is 5.69 Å². The highest BCUT2D eigenvalue weighted by molar-refractivity contribution is 6.32. The lowest BCUT2D eigenvalue weighted by molar-refractivity contribution is -0.137. The molecule has 0 fully saturated rings. The number of hydrogen-bond donors (Lipinski definition) is 1. The first kappa shape index (κ1) is 24.8. The summed E-state index contributed by atoms with van der Waals surface area (Å²) in [6.45, 7) is 0.839. The lowest BCUT2D eigenvalue weighted by Crippen LogP contribution is -2.27. The number of ether oxygens (including phenoxy) is 2. The number of rotatable bonds is 7. The van der Waals surface area contributed by atoms with Crippen LogP contribution in [0.4, 0.5) is 18.9 Å². The molecule has 1 amide bonds. The highest BCUT2D eigenvalue weighted by Gasteiger charge is 2.30. The molecule has 3 rings (SSSR count). The number of carbonyl (C=O) groups is 2. The van der Waals surface area contributed by atoms with Gasteiger partial charge in [-0.1, -0.05) is 29.8 Å². The van der Waals surface area contributed by atoms with Gasteiger partial charge in [-0.2, -0.15) is 23.0 Å². The predicted molar refractivity (Wildman–Crippen MR) is 116 cm³/mol. The number of nitrogens with zero attached hydrogens (tertiary/aromatic N) is 2. The minimum Gasteiger partial charge on any atom is -0.481 e. The molecule has 34 heavy (non-hydrogen) atoms. The zero-order valence-corrected chi connectivity index (χ0v) is 18.3. The van der Waals surface area contributed by atoms with Crippen molar-refractivity contribution < 1.29 is 32.2 Å². The molecule has 0 bridgehead atoms. The van der Waals surface area contributed by atoms with Gasteiger partial charge in [0.25, 0.3) is 11.5 Å². The number of para-hydroxylation sites is 1. The molecule has 0 saturated heterocycles. The first-order chi connectivity index (χ1) is 16.1. The lowest BCUT2D eigenvalue weighted by Gasteiger charge is -2.13. The monoisotopic (exact) mass is 495 g/mol. The van der Waals surface area contributed by atoms with Crippen molar-refractivity contribution in [1.82, 2.24) is 9.78 Å². The molecule has 0 saturated carbocycles. The molecule has 0 radical (unpaired) electrons. The highest BCUT2D eigenvalue weighted by atomic mass is 35.5. The minimum absolute atomic E-state index is 0.00120. The van der Waals surface area contributed by atoms with Gasteiger partial charge >= 0.3 is 12.1 Å². The van der Waals surface area contributed by atoms with E-state index >= 15 is 0 Å². The number of hydrogen-bond acceptors (Lipinski definition) is 6. The number of amides is 1. The fourth-order valence-electron chi connectivity index (χ4n) is 2.80. The number of aromatic nitrogens is 2. The van der Waals surface area contributed by atoms with Gasteiger partial charge in [0.1, 0.15) is 0 Å². The second-order valence-corrected chi connectivity index (χ2v) is 7.10. The number of halogens is 4. The summed E-state index contributed by atoms with van der Waals surface area (Å²) in [6.07, 6.45) is -4.58. The van der Waals surface area contributed by atoms with E-state index in [0.717, 1.165) is 28.9 Å². The smallest absolute Gasteiger partial charge is 0.416 e. The quantitative estimate of drug-likeness (QED) is 0.495. The van der Waals surface area contributed by atoms with Crippen molar-refractivity contribution in [2.45, 2.75) is 13.1 Å². The van der Waals surface area contributed by atoms with E-state index < -0.39 is 41.5 Å². The van der Waals surface area contributed by atoms with Crippen LogP contribution in [0.2, 0.25) is 5.02 Å². The number of esters is 1. The maximum Gasteiger partial charge on any atom is 0.416 e. The zero-order valence-electron chi connectivity index (χ0n) is 17.6. The van der Waals surface area contributed by atoms with Crippen LogP contribution in [0, 0.1) is 0 Å². The molecule has 0 aliphatic rings. The maximum atomic E-state index is 12.8. The van der Waals surface area contributed by atoms with E-state index in [1.807, 2.05) is 0 Å². The van der Waals surface area contributed by atoms with Gasteiger partial charge in [0.2, 0.25) is 5.69 Å². The summed E-state index contributed by atoms with van der Waals surface area (Å²) >= 11 is 6.11. The van der Waals surface area contributed by atoms with Crippen molar-refractivity contribution in [1.29, 1.82) is 0 Å². The predicted octanol–water partition coefficient (Wildman–Crippen LogP) is 4.10. The van der Waals surface area contributed by atoms with Crippen LogP contribution in [0.5, 0.6) is 5.75 Å². The minimum atomic E-state index is -4.58. The molecule has 0 aliphatic heterocycles. The molecule has 0 spiro atoms. The largest absolute Gasteiger partial charge is 0.481 e. The van der Waals surface area contributed by atoms with Crippen molar-refractivity contribution >= 4 is 29.2 Å². The van der Waals surface area contributed by atoms with Gasteiger partial charge in [-0.25, -0.2) is 4.79 Å². The molecule has 0 unspecified atom stereocenters. The van der Waals surface area contributed by atoms with Crippen LogP contribution >= 0.6 is 11.6 Å². The molecule has 0 aliphatic carbocycles. The van der Waals surface area contributed by atoms with Gasteiger partial charge in [-0.05, 0) is 37.3 Å². The number of anilines is 1. The molecule has 1 heterocycles. The third kappa shape index (κ3) is 5.93. The Hall–Kier alpha value is -3.86. The molecule has 12 heteroatoms. The highest BCUT2D eigenvalue weighted by Crippen LogP contribution is 2.30. The maximum absolute atomic E-state index is 12.8. The van der Waals surface area contributed by atoms with Gasteiger partial charge < -0.3 is 14.8 Å². The third-order valence-electron chi connectivity index (χ3n) is 4.28. The lowest BCUT2D eigenvalue weighted by atomic mass is 10.2. The number of nitrogens with one attached hydrogen (secondary N) is 1. The molecule has 1 N–H and O–H groups in total. The Kier molecular flexibility index (Phi) is 7.57. The number of benzene rings is 2. The third-order valence-corrected chi connectivity index (χ3v) is 4.60. The summed E-state index contributed by atoms with van der Waals surface area (Å²) < 4.78 is 49.7. The Morgan fingerprint density at radius 2 is 1.85 bits per heavy atom. The van der Waals surface area contributed by atoms with E-state index in [2.05, 4.69) is 10.4 Å². The Morgan fingerprint density at radius 1 is 1.12 bits per heavy atom. The molecular weight excluding hydrogens is 479 g/mol. The van der Waals surface area contributed by atoms with Crippen LogP contribution in [0.3, 0.4) is 0 Å². The van der Waals surface area contributed by atoms with Gasteiger partial charge in [-0.15, -0.1) is 0 Å². The fourth-order valence-corrected chi connectivity index (χ4v) is 3.02. The van der Waals surface area contributed by atoms with Crippen LogP contribution < -0.4 is 15.6 Å².